The second kappa shape index (κ2) is 6.44. The van der Waals surface area contributed by atoms with Crippen molar-refractivity contribution in [3.05, 3.63) is 30.3 Å². The van der Waals surface area contributed by atoms with E-state index in [1.54, 1.807) is 7.11 Å². The molecule has 1 aromatic carbocycles. The van der Waals surface area contributed by atoms with Gasteiger partial charge in [0.05, 0.1) is 6.61 Å². The number of ether oxygens (including phenoxy) is 1. The lowest BCUT2D eigenvalue weighted by Gasteiger charge is -2.13. The number of hydrazine groups is 1. The molecule has 0 saturated carbocycles. The molecule has 1 amide bonds. The molecule has 0 fully saturated rings. The van der Waals surface area contributed by atoms with Crippen molar-refractivity contribution in [3.8, 4) is 0 Å². The minimum atomic E-state index is -0.317. The van der Waals surface area contributed by atoms with Gasteiger partial charge in [-0.25, -0.2) is 5.84 Å². The highest BCUT2D eigenvalue weighted by molar-refractivity contribution is 8.00. The summed E-state index contributed by atoms with van der Waals surface area (Å²) in [5, 5.41) is -0.317. The van der Waals surface area contributed by atoms with Crippen LogP contribution in [0.3, 0.4) is 0 Å². The van der Waals surface area contributed by atoms with Gasteiger partial charge in [-0.05, 0) is 12.1 Å². The molecule has 82 valence electrons. The minimum absolute atomic E-state index is 0.231. The number of thioether (sulfide) groups is 1. The summed E-state index contributed by atoms with van der Waals surface area (Å²) in [5.41, 5.74) is 2.13. The monoisotopic (exact) mass is 226 g/mol. The molecule has 15 heavy (non-hydrogen) atoms. The SMILES string of the molecule is COCC(Sc1ccccc1)C(=O)NN. The number of carbonyl (C=O) groups excluding carboxylic acids is 1. The number of hydrogen-bond acceptors (Lipinski definition) is 4. The van der Waals surface area contributed by atoms with Crippen molar-refractivity contribution in [2.45, 2.75) is 10.1 Å². The highest BCUT2D eigenvalue weighted by atomic mass is 32.2. The zero-order chi connectivity index (χ0) is 11.1. The fraction of sp³-hybridized carbons (Fsp3) is 0.300. The summed E-state index contributed by atoms with van der Waals surface area (Å²) in [7, 11) is 1.56. The van der Waals surface area contributed by atoms with Crippen LogP contribution in [0.1, 0.15) is 0 Å². The maximum absolute atomic E-state index is 11.4. The Hall–Kier alpha value is -1.04. The Morgan fingerprint density at radius 3 is 2.73 bits per heavy atom. The van der Waals surface area contributed by atoms with E-state index in [0.717, 1.165) is 4.90 Å². The summed E-state index contributed by atoms with van der Waals surface area (Å²) in [6, 6.07) is 9.66. The van der Waals surface area contributed by atoms with E-state index in [1.807, 2.05) is 30.3 Å². The summed E-state index contributed by atoms with van der Waals surface area (Å²) in [4.78, 5) is 12.4. The van der Waals surface area contributed by atoms with Gasteiger partial charge in [0.25, 0.3) is 0 Å². The molecule has 0 spiro atoms. The zero-order valence-electron chi connectivity index (χ0n) is 8.47. The molecule has 0 saturated heterocycles. The minimum Gasteiger partial charge on any atom is -0.383 e. The topological polar surface area (TPSA) is 64.3 Å². The molecule has 3 N–H and O–H groups in total. The van der Waals surface area contributed by atoms with Crippen LogP contribution < -0.4 is 11.3 Å². The second-order valence-corrected chi connectivity index (χ2v) is 4.16. The van der Waals surface area contributed by atoms with E-state index >= 15 is 0 Å². The average molecular weight is 226 g/mol. The number of nitrogens with one attached hydrogen (secondary N) is 1. The van der Waals surface area contributed by atoms with Crippen molar-refractivity contribution in [1.29, 1.82) is 0 Å². The van der Waals surface area contributed by atoms with Crippen molar-refractivity contribution in [1.82, 2.24) is 5.43 Å². The van der Waals surface area contributed by atoms with Crippen molar-refractivity contribution in [2.75, 3.05) is 13.7 Å². The summed E-state index contributed by atoms with van der Waals surface area (Å²) in [6.45, 7) is 0.336. The summed E-state index contributed by atoms with van der Waals surface area (Å²) >= 11 is 1.43. The quantitative estimate of drug-likeness (QED) is 0.337. The van der Waals surface area contributed by atoms with Crippen LogP contribution in [-0.2, 0) is 9.53 Å². The maximum atomic E-state index is 11.4. The van der Waals surface area contributed by atoms with Crippen LogP contribution in [0, 0.1) is 0 Å². The number of amides is 1. The molecule has 0 aliphatic carbocycles. The first-order valence-corrected chi connectivity index (χ1v) is 5.37. The molecular formula is C10H14N2O2S. The number of carbonyl (C=O) groups is 1. The first-order valence-electron chi connectivity index (χ1n) is 4.49. The van der Waals surface area contributed by atoms with Crippen LogP contribution in [-0.4, -0.2) is 24.9 Å². The van der Waals surface area contributed by atoms with Gasteiger partial charge in [-0.3, -0.25) is 10.2 Å². The third-order valence-corrected chi connectivity index (χ3v) is 2.95. The third kappa shape index (κ3) is 3.91. The van der Waals surface area contributed by atoms with Gasteiger partial charge >= 0.3 is 0 Å². The summed E-state index contributed by atoms with van der Waals surface area (Å²) < 4.78 is 4.96. The lowest BCUT2D eigenvalue weighted by atomic mass is 10.4. The van der Waals surface area contributed by atoms with Gasteiger partial charge in [-0.2, -0.15) is 0 Å². The molecule has 0 radical (unpaired) electrons. The van der Waals surface area contributed by atoms with Gasteiger partial charge in [0.1, 0.15) is 5.25 Å². The Morgan fingerprint density at radius 1 is 1.53 bits per heavy atom. The summed E-state index contributed by atoms with van der Waals surface area (Å²) in [5.74, 6) is 4.86. The highest BCUT2D eigenvalue weighted by Gasteiger charge is 2.18. The molecule has 0 aromatic heterocycles. The Kier molecular flexibility index (Phi) is 5.17. The molecule has 0 aliphatic rings. The van der Waals surface area contributed by atoms with Gasteiger partial charge in [-0.1, -0.05) is 18.2 Å². The van der Waals surface area contributed by atoms with Crippen molar-refractivity contribution in [3.63, 3.8) is 0 Å². The van der Waals surface area contributed by atoms with Crippen molar-refractivity contribution in [2.24, 2.45) is 5.84 Å². The Balaban J connectivity index is 2.62. The average Bonchev–Trinajstić information content (AvgIpc) is 2.29. The molecule has 1 aromatic rings. The normalized spacial score (nSPS) is 12.1. The first-order chi connectivity index (χ1) is 7.27. The molecule has 0 bridgehead atoms. The zero-order valence-corrected chi connectivity index (χ0v) is 9.29. The van der Waals surface area contributed by atoms with E-state index in [9.17, 15) is 4.79 Å². The molecule has 1 atom stereocenters. The first kappa shape index (κ1) is 12.0. The fourth-order valence-electron chi connectivity index (χ4n) is 1.07. The fourth-order valence-corrected chi connectivity index (χ4v) is 2.09. The standard InChI is InChI=1S/C10H14N2O2S/c1-14-7-9(10(13)12-11)15-8-5-3-2-4-6-8/h2-6,9H,7,11H2,1H3,(H,12,13). The van der Waals surface area contributed by atoms with E-state index < -0.39 is 0 Å². The van der Waals surface area contributed by atoms with E-state index in [1.165, 1.54) is 11.8 Å². The predicted octanol–water partition coefficient (Wildman–Crippen LogP) is 0.784. The number of benzene rings is 1. The third-order valence-electron chi connectivity index (χ3n) is 1.77. The van der Waals surface area contributed by atoms with Crippen LogP contribution in [0.2, 0.25) is 0 Å². The van der Waals surface area contributed by atoms with Crippen LogP contribution in [0.25, 0.3) is 0 Å². The van der Waals surface area contributed by atoms with Crippen molar-refractivity contribution >= 4 is 17.7 Å². The Labute approximate surface area is 93.1 Å². The van der Waals surface area contributed by atoms with Crippen molar-refractivity contribution < 1.29 is 9.53 Å². The predicted molar refractivity (Wildman–Crippen MR) is 60.3 cm³/mol. The molecule has 0 aliphatic heterocycles. The van der Waals surface area contributed by atoms with E-state index in [2.05, 4.69) is 5.43 Å². The van der Waals surface area contributed by atoms with Gasteiger partial charge in [0, 0.05) is 12.0 Å². The molecule has 1 rings (SSSR count). The number of methoxy groups -OCH3 is 1. The van der Waals surface area contributed by atoms with E-state index in [-0.39, 0.29) is 11.2 Å². The number of rotatable bonds is 5. The second-order valence-electron chi connectivity index (χ2n) is 2.88. The molecule has 4 nitrogen and oxygen atoms in total. The molecule has 1 unspecified atom stereocenters. The van der Waals surface area contributed by atoms with Gasteiger partial charge in [0.2, 0.25) is 5.91 Å². The lowest BCUT2D eigenvalue weighted by molar-refractivity contribution is -0.121. The molecule has 5 heteroatoms. The van der Waals surface area contributed by atoms with Gasteiger partial charge < -0.3 is 4.74 Å². The van der Waals surface area contributed by atoms with Crippen LogP contribution in [0.15, 0.2) is 35.2 Å². The lowest BCUT2D eigenvalue weighted by Crippen LogP contribution is -2.39. The molecule has 0 heterocycles. The van der Waals surface area contributed by atoms with E-state index in [0.29, 0.717) is 6.61 Å². The Morgan fingerprint density at radius 2 is 2.20 bits per heavy atom. The molecular weight excluding hydrogens is 212 g/mol. The van der Waals surface area contributed by atoms with Gasteiger partial charge in [-0.15, -0.1) is 11.8 Å². The van der Waals surface area contributed by atoms with Gasteiger partial charge in [0.15, 0.2) is 0 Å². The smallest absolute Gasteiger partial charge is 0.249 e. The van der Waals surface area contributed by atoms with Crippen LogP contribution in [0.5, 0.6) is 0 Å². The number of hydrogen-bond donors (Lipinski definition) is 2. The van der Waals surface area contributed by atoms with Crippen LogP contribution >= 0.6 is 11.8 Å². The summed E-state index contributed by atoms with van der Waals surface area (Å²) in [6.07, 6.45) is 0. The Bertz CT molecular complexity index is 306. The van der Waals surface area contributed by atoms with Crippen LogP contribution in [0.4, 0.5) is 0 Å². The highest BCUT2D eigenvalue weighted by Crippen LogP contribution is 2.23. The number of nitrogens with two attached hydrogens (primary N) is 1. The maximum Gasteiger partial charge on any atom is 0.249 e. The van der Waals surface area contributed by atoms with E-state index in [4.69, 9.17) is 10.6 Å². The largest absolute Gasteiger partial charge is 0.383 e.